The summed E-state index contributed by atoms with van der Waals surface area (Å²) < 4.78 is 27.1. The van der Waals surface area contributed by atoms with E-state index in [1.165, 1.54) is 6.07 Å². The molecule has 19 heavy (non-hydrogen) atoms. The number of sulfonamides is 1. The monoisotopic (exact) mass is 302 g/mol. The predicted molar refractivity (Wildman–Crippen MR) is 72.5 cm³/mol. The van der Waals surface area contributed by atoms with Crippen molar-refractivity contribution in [3.8, 4) is 0 Å². The van der Waals surface area contributed by atoms with E-state index in [1.54, 1.807) is 19.1 Å². The first-order valence-electron chi connectivity index (χ1n) is 5.94. The van der Waals surface area contributed by atoms with Gasteiger partial charge in [0.05, 0.1) is 4.90 Å². The minimum atomic E-state index is -3.58. The maximum absolute atomic E-state index is 12.2. The van der Waals surface area contributed by atoms with Gasteiger partial charge in [0.25, 0.3) is 0 Å². The van der Waals surface area contributed by atoms with Crippen LogP contribution in [0.3, 0.4) is 0 Å². The van der Waals surface area contributed by atoms with E-state index in [2.05, 4.69) is 10.0 Å². The predicted octanol–water partition coefficient (Wildman–Crippen LogP) is 1.21. The molecule has 0 bridgehead atoms. The number of carbonyl (C=O) groups excluding carboxylic acids is 1. The number of rotatable bonds is 3. The maximum atomic E-state index is 12.2. The number of benzene rings is 1. The minimum absolute atomic E-state index is 0.0434. The van der Waals surface area contributed by atoms with Crippen molar-refractivity contribution in [3.05, 3.63) is 28.8 Å². The first-order valence-corrected chi connectivity index (χ1v) is 7.80. The van der Waals surface area contributed by atoms with E-state index in [4.69, 9.17) is 11.6 Å². The van der Waals surface area contributed by atoms with E-state index in [1.807, 2.05) is 0 Å². The Morgan fingerprint density at radius 1 is 1.42 bits per heavy atom. The Morgan fingerprint density at radius 3 is 2.74 bits per heavy atom. The van der Waals surface area contributed by atoms with Gasteiger partial charge in [0.15, 0.2) is 0 Å². The molecule has 1 fully saturated rings. The molecule has 1 aliphatic heterocycles. The average Bonchev–Trinajstić information content (AvgIpc) is 2.31. The van der Waals surface area contributed by atoms with Crippen LogP contribution in [0.15, 0.2) is 23.1 Å². The SMILES string of the molecule is Cc1cc(Cl)ccc1S(=O)(=O)NC1CCC(=O)NC1. The van der Waals surface area contributed by atoms with Gasteiger partial charge < -0.3 is 5.32 Å². The van der Waals surface area contributed by atoms with Crippen molar-refractivity contribution in [1.82, 2.24) is 10.0 Å². The van der Waals surface area contributed by atoms with Crippen molar-refractivity contribution in [1.29, 1.82) is 0 Å². The Bertz CT molecular complexity index is 591. The van der Waals surface area contributed by atoms with Crippen LogP contribution in [0.25, 0.3) is 0 Å². The van der Waals surface area contributed by atoms with E-state index in [0.717, 1.165) is 0 Å². The Kier molecular flexibility index (Phi) is 4.13. The van der Waals surface area contributed by atoms with Gasteiger partial charge in [0, 0.05) is 24.0 Å². The number of amides is 1. The van der Waals surface area contributed by atoms with Crippen molar-refractivity contribution >= 4 is 27.5 Å². The summed E-state index contributed by atoms with van der Waals surface area (Å²) in [6.45, 7) is 2.02. The van der Waals surface area contributed by atoms with E-state index in [-0.39, 0.29) is 16.8 Å². The van der Waals surface area contributed by atoms with Crippen LogP contribution in [0, 0.1) is 6.92 Å². The molecule has 0 radical (unpaired) electrons. The van der Waals surface area contributed by atoms with Gasteiger partial charge in [-0.2, -0.15) is 0 Å². The second-order valence-electron chi connectivity index (χ2n) is 4.57. The molecule has 1 unspecified atom stereocenters. The molecular formula is C12H15ClN2O3S. The number of aryl methyl sites for hydroxylation is 1. The molecule has 1 heterocycles. The number of hydrogen-bond acceptors (Lipinski definition) is 3. The summed E-state index contributed by atoms with van der Waals surface area (Å²) in [6.07, 6.45) is 0.852. The van der Waals surface area contributed by atoms with Gasteiger partial charge in [0.2, 0.25) is 15.9 Å². The van der Waals surface area contributed by atoms with Crippen molar-refractivity contribution in [2.24, 2.45) is 0 Å². The molecular weight excluding hydrogens is 288 g/mol. The quantitative estimate of drug-likeness (QED) is 0.881. The van der Waals surface area contributed by atoms with E-state index >= 15 is 0 Å². The Hall–Kier alpha value is -1.11. The molecule has 5 nitrogen and oxygen atoms in total. The number of halogens is 1. The zero-order valence-electron chi connectivity index (χ0n) is 10.4. The van der Waals surface area contributed by atoms with E-state index in [9.17, 15) is 13.2 Å². The lowest BCUT2D eigenvalue weighted by molar-refractivity contribution is -0.122. The number of piperidine rings is 1. The van der Waals surface area contributed by atoms with Crippen LogP contribution >= 0.6 is 11.6 Å². The highest BCUT2D eigenvalue weighted by Crippen LogP contribution is 2.20. The number of nitrogens with one attached hydrogen (secondary N) is 2. The zero-order chi connectivity index (χ0) is 14.0. The third kappa shape index (κ3) is 3.46. The smallest absolute Gasteiger partial charge is 0.241 e. The van der Waals surface area contributed by atoms with Gasteiger partial charge in [-0.05, 0) is 37.1 Å². The molecule has 1 amide bonds. The van der Waals surface area contributed by atoms with Crippen molar-refractivity contribution in [3.63, 3.8) is 0 Å². The molecule has 0 spiro atoms. The number of carbonyl (C=O) groups is 1. The van der Waals surface area contributed by atoms with Crippen LogP contribution in [-0.2, 0) is 14.8 Å². The van der Waals surface area contributed by atoms with Crippen LogP contribution < -0.4 is 10.0 Å². The van der Waals surface area contributed by atoms with Crippen LogP contribution in [0.1, 0.15) is 18.4 Å². The summed E-state index contributed by atoms with van der Waals surface area (Å²) in [4.78, 5) is 11.2. The van der Waals surface area contributed by atoms with E-state index < -0.39 is 10.0 Å². The van der Waals surface area contributed by atoms with Crippen LogP contribution in [-0.4, -0.2) is 26.9 Å². The summed E-state index contributed by atoms with van der Waals surface area (Å²) >= 11 is 5.81. The lowest BCUT2D eigenvalue weighted by Crippen LogP contribution is -2.47. The largest absolute Gasteiger partial charge is 0.355 e. The molecule has 1 atom stereocenters. The Morgan fingerprint density at radius 2 is 2.16 bits per heavy atom. The highest BCUT2D eigenvalue weighted by molar-refractivity contribution is 7.89. The third-order valence-corrected chi connectivity index (χ3v) is 4.93. The summed E-state index contributed by atoms with van der Waals surface area (Å²) in [6, 6.07) is 4.38. The molecule has 0 aromatic heterocycles. The van der Waals surface area contributed by atoms with Gasteiger partial charge in [-0.15, -0.1) is 0 Å². The van der Waals surface area contributed by atoms with Crippen LogP contribution in [0.4, 0.5) is 0 Å². The fraction of sp³-hybridized carbons (Fsp3) is 0.417. The highest BCUT2D eigenvalue weighted by Gasteiger charge is 2.25. The Labute approximate surface area is 117 Å². The fourth-order valence-corrected chi connectivity index (χ4v) is 3.75. The second kappa shape index (κ2) is 5.48. The summed E-state index contributed by atoms with van der Waals surface area (Å²) in [5.74, 6) is -0.0434. The van der Waals surface area contributed by atoms with Crippen LogP contribution in [0.2, 0.25) is 5.02 Å². The molecule has 1 aromatic carbocycles. The van der Waals surface area contributed by atoms with Gasteiger partial charge in [-0.3, -0.25) is 4.79 Å². The highest BCUT2D eigenvalue weighted by atomic mass is 35.5. The summed E-state index contributed by atoms with van der Waals surface area (Å²) in [7, 11) is -3.58. The van der Waals surface area contributed by atoms with Gasteiger partial charge in [-0.1, -0.05) is 11.6 Å². The molecule has 1 aliphatic rings. The molecule has 1 saturated heterocycles. The van der Waals surface area contributed by atoms with Crippen molar-refractivity contribution in [2.75, 3.05) is 6.54 Å². The second-order valence-corrected chi connectivity index (χ2v) is 6.69. The Balaban J connectivity index is 2.16. The summed E-state index contributed by atoms with van der Waals surface area (Å²) in [5, 5.41) is 3.14. The first kappa shape index (κ1) is 14.3. The molecule has 2 rings (SSSR count). The molecule has 0 saturated carbocycles. The van der Waals surface area contributed by atoms with E-state index in [0.29, 0.717) is 30.0 Å². The first-order chi connectivity index (χ1) is 8.88. The van der Waals surface area contributed by atoms with Gasteiger partial charge >= 0.3 is 0 Å². The fourth-order valence-electron chi connectivity index (χ4n) is 2.03. The minimum Gasteiger partial charge on any atom is -0.355 e. The lowest BCUT2D eigenvalue weighted by Gasteiger charge is -2.23. The van der Waals surface area contributed by atoms with Crippen LogP contribution in [0.5, 0.6) is 0 Å². The van der Waals surface area contributed by atoms with Crippen molar-refractivity contribution < 1.29 is 13.2 Å². The van der Waals surface area contributed by atoms with Crippen molar-refractivity contribution in [2.45, 2.75) is 30.7 Å². The average molecular weight is 303 g/mol. The zero-order valence-corrected chi connectivity index (χ0v) is 12.0. The number of hydrogen-bond donors (Lipinski definition) is 2. The molecule has 2 N–H and O–H groups in total. The maximum Gasteiger partial charge on any atom is 0.241 e. The van der Waals surface area contributed by atoms with Gasteiger partial charge in [0.1, 0.15) is 0 Å². The molecule has 1 aromatic rings. The molecule has 0 aliphatic carbocycles. The lowest BCUT2D eigenvalue weighted by atomic mass is 10.1. The normalized spacial score (nSPS) is 20.1. The topological polar surface area (TPSA) is 75.3 Å². The molecule has 7 heteroatoms. The van der Waals surface area contributed by atoms with Gasteiger partial charge in [-0.25, -0.2) is 13.1 Å². The summed E-state index contributed by atoms with van der Waals surface area (Å²) in [5.41, 5.74) is 0.597. The third-order valence-electron chi connectivity index (χ3n) is 3.01. The molecule has 104 valence electrons. The standard InChI is InChI=1S/C12H15ClN2O3S/c1-8-6-9(13)2-4-11(8)19(17,18)15-10-3-5-12(16)14-7-10/h2,4,6,10,15H,3,5,7H2,1H3,(H,14,16).